The van der Waals surface area contributed by atoms with Crippen LogP contribution in [0.15, 0.2) is 60.7 Å². The highest BCUT2D eigenvalue weighted by atomic mass is 16.5. The molecule has 0 unspecified atom stereocenters. The molecule has 110 valence electrons. The fraction of sp³-hybridized carbons (Fsp3) is 0.188. The Hall–Kier alpha value is -2.37. The third-order valence-corrected chi connectivity index (χ3v) is 2.82. The first-order chi connectivity index (χ1) is 10.2. The van der Waals surface area contributed by atoms with Gasteiger partial charge in [0.2, 0.25) is 0 Å². The fourth-order valence-corrected chi connectivity index (χ4v) is 1.77. The lowest BCUT2D eigenvalue weighted by atomic mass is 10.2. The first-order valence-electron chi connectivity index (χ1n) is 6.58. The van der Waals surface area contributed by atoms with E-state index in [4.69, 9.17) is 4.74 Å². The number of rotatable bonds is 6. The highest BCUT2D eigenvalue weighted by Gasteiger charge is 2.17. The van der Waals surface area contributed by atoms with Crippen molar-refractivity contribution < 1.29 is 19.8 Å². The van der Waals surface area contributed by atoms with Gasteiger partial charge in [-0.3, -0.25) is 10.0 Å². The summed E-state index contributed by atoms with van der Waals surface area (Å²) >= 11 is 0. The highest BCUT2D eigenvalue weighted by molar-refractivity contribution is 5.93. The van der Waals surface area contributed by atoms with Crippen LogP contribution in [0.25, 0.3) is 0 Å². The van der Waals surface area contributed by atoms with E-state index in [0.717, 1.165) is 0 Å². The van der Waals surface area contributed by atoms with Crippen molar-refractivity contribution >= 4 is 5.91 Å². The van der Waals surface area contributed by atoms with Gasteiger partial charge in [0.05, 0.1) is 6.54 Å². The molecular formula is C16H17NO4. The molecule has 5 nitrogen and oxygen atoms in total. The minimum absolute atomic E-state index is 0.0108. The number of benzene rings is 2. The van der Waals surface area contributed by atoms with E-state index in [1.54, 1.807) is 42.5 Å². The summed E-state index contributed by atoms with van der Waals surface area (Å²) in [6.07, 6.45) is -0.983. The van der Waals surface area contributed by atoms with Crippen LogP contribution in [-0.2, 0) is 0 Å². The number of aliphatic hydroxyl groups excluding tert-OH is 1. The number of carbonyl (C=O) groups is 1. The van der Waals surface area contributed by atoms with Crippen LogP contribution in [0.5, 0.6) is 5.75 Å². The standard InChI is InChI=1S/C16H17NO4/c18-14(12-21-15-9-5-2-6-10-15)11-17(20)16(19)13-7-3-1-4-8-13/h1-10,14,18,20H,11-12H2/t14-/m1/s1. The molecule has 0 radical (unpaired) electrons. The van der Waals surface area contributed by atoms with E-state index < -0.39 is 12.0 Å². The SMILES string of the molecule is O=C(c1ccccc1)N(O)C[C@@H](O)COc1ccccc1. The molecule has 0 spiro atoms. The van der Waals surface area contributed by atoms with Gasteiger partial charge in [0, 0.05) is 5.56 Å². The Balaban J connectivity index is 1.82. The van der Waals surface area contributed by atoms with Crippen molar-refractivity contribution in [1.29, 1.82) is 0 Å². The van der Waals surface area contributed by atoms with Gasteiger partial charge >= 0.3 is 0 Å². The molecule has 0 aliphatic carbocycles. The third-order valence-electron chi connectivity index (χ3n) is 2.82. The lowest BCUT2D eigenvalue weighted by Crippen LogP contribution is -2.37. The van der Waals surface area contributed by atoms with Crippen molar-refractivity contribution in [2.75, 3.05) is 13.2 Å². The van der Waals surface area contributed by atoms with Crippen LogP contribution >= 0.6 is 0 Å². The zero-order valence-electron chi connectivity index (χ0n) is 11.4. The molecule has 2 aromatic carbocycles. The van der Waals surface area contributed by atoms with Gasteiger partial charge in [0.25, 0.3) is 5.91 Å². The number of aliphatic hydroxyl groups is 1. The van der Waals surface area contributed by atoms with Crippen LogP contribution in [0.2, 0.25) is 0 Å². The number of hydrogen-bond donors (Lipinski definition) is 2. The maximum Gasteiger partial charge on any atom is 0.277 e. The van der Waals surface area contributed by atoms with Crippen molar-refractivity contribution in [1.82, 2.24) is 5.06 Å². The van der Waals surface area contributed by atoms with Gasteiger partial charge in [-0.05, 0) is 24.3 Å². The summed E-state index contributed by atoms with van der Waals surface area (Å²) in [6.45, 7) is -0.232. The molecule has 5 heteroatoms. The number of ether oxygens (including phenoxy) is 1. The summed E-state index contributed by atoms with van der Waals surface area (Å²) in [5.74, 6) is 0.0600. The Kier molecular flexibility index (Phi) is 5.31. The second-order valence-electron chi connectivity index (χ2n) is 4.53. The van der Waals surface area contributed by atoms with E-state index in [2.05, 4.69) is 0 Å². The van der Waals surface area contributed by atoms with Gasteiger partial charge in [0.15, 0.2) is 0 Å². The van der Waals surface area contributed by atoms with E-state index in [1.165, 1.54) is 0 Å². The van der Waals surface area contributed by atoms with Crippen molar-refractivity contribution in [2.45, 2.75) is 6.10 Å². The molecule has 0 saturated heterocycles. The number of hydroxylamine groups is 2. The van der Waals surface area contributed by atoms with Gasteiger partial charge < -0.3 is 9.84 Å². The number of hydrogen-bond acceptors (Lipinski definition) is 4. The van der Waals surface area contributed by atoms with Crippen molar-refractivity contribution in [3.05, 3.63) is 66.2 Å². The number of amides is 1. The maximum atomic E-state index is 11.9. The average Bonchev–Trinajstić information content (AvgIpc) is 2.54. The van der Waals surface area contributed by atoms with E-state index in [9.17, 15) is 15.1 Å². The Morgan fingerprint density at radius 2 is 1.62 bits per heavy atom. The van der Waals surface area contributed by atoms with Crippen molar-refractivity contribution in [3.63, 3.8) is 0 Å². The van der Waals surface area contributed by atoms with E-state index >= 15 is 0 Å². The first kappa shape index (κ1) is 15.0. The van der Waals surface area contributed by atoms with Gasteiger partial charge in [-0.25, -0.2) is 5.06 Å². The molecule has 0 heterocycles. The summed E-state index contributed by atoms with van der Waals surface area (Å²) in [6, 6.07) is 17.4. The lowest BCUT2D eigenvalue weighted by molar-refractivity contribution is -0.0842. The quantitative estimate of drug-likeness (QED) is 0.629. The largest absolute Gasteiger partial charge is 0.491 e. The molecule has 0 fully saturated rings. The van der Waals surface area contributed by atoms with Crippen LogP contribution in [0.4, 0.5) is 0 Å². The van der Waals surface area contributed by atoms with Crippen LogP contribution < -0.4 is 4.74 Å². The molecular weight excluding hydrogens is 270 g/mol. The second-order valence-corrected chi connectivity index (χ2v) is 4.53. The van der Waals surface area contributed by atoms with E-state index in [0.29, 0.717) is 16.4 Å². The molecule has 2 N–H and O–H groups in total. The van der Waals surface area contributed by atoms with E-state index in [-0.39, 0.29) is 13.2 Å². The summed E-state index contributed by atoms with van der Waals surface area (Å²) in [4.78, 5) is 11.9. The first-order valence-corrected chi connectivity index (χ1v) is 6.58. The molecule has 1 atom stereocenters. The molecule has 2 rings (SSSR count). The minimum atomic E-state index is -0.983. The van der Waals surface area contributed by atoms with Gasteiger partial charge in [-0.1, -0.05) is 36.4 Å². The summed E-state index contributed by atoms with van der Waals surface area (Å²) < 4.78 is 5.36. The third kappa shape index (κ3) is 4.59. The topological polar surface area (TPSA) is 70.0 Å². The van der Waals surface area contributed by atoms with E-state index in [1.807, 2.05) is 18.2 Å². The minimum Gasteiger partial charge on any atom is -0.491 e. The Morgan fingerprint density at radius 3 is 2.24 bits per heavy atom. The molecule has 0 aliphatic heterocycles. The summed E-state index contributed by atoms with van der Waals surface area (Å²) in [5, 5.41) is 20.0. The lowest BCUT2D eigenvalue weighted by Gasteiger charge is -2.19. The smallest absolute Gasteiger partial charge is 0.277 e. The Labute approximate surface area is 123 Å². The summed E-state index contributed by atoms with van der Waals surface area (Å²) in [7, 11) is 0. The highest BCUT2D eigenvalue weighted by Crippen LogP contribution is 2.09. The predicted molar refractivity (Wildman–Crippen MR) is 77.2 cm³/mol. The van der Waals surface area contributed by atoms with Gasteiger partial charge in [-0.2, -0.15) is 0 Å². The Bertz CT molecular complexity index is 559. The molecule has 0 aliphatic rings. The number of para-hydroxylation sites is 1. The van der Waals surface area contributed by atoms with Crippen LogP contribution in [0.3, 0.4) is 0 Å². The fourth-order valence-electron chi connectivity index (χ4n) is 1.77. The molecule has 21 heavy (non-hydrogen) atoms. The molecule has 1 amide bonds. The normalized spacial score (nSPS) is 11.7. The van der Waals surface area contributed by atoms with Crippen molar-refractivity contribution in [3.8, 4) is 5.75 Å². The van der Waals surface area contributed by atoms with Gasteiger partial charge in [-0.15, -0.1) is 0 Å². The predicted octanol–water partition coefficient (Wildman–Crippen LogP) is 1.96. The number of carbonyl (C=O) groups excluding carboxylic acids is 1. The monoisotopic (exact) mass is 287 g/mol. The average molecular weight is 287 g/mol. The second kappa shape index (κ2) is 7.42. The summed E-state index contributed by atoms with van der Waals surface area (Å²) in [5.41, 5.74) is 0.358. The zero-order chi connectivity index (χ0) is 15.1. The number of nitrogens with zero attached hydrogens (tertiary/aromatic N) is 1. The van der Waals surface area contributed by atoms with Crippen molar-refractivity contribution in [2.24, 2.45) is 0 Å². The molecule has 2 aromatic rings. The molecule has 0 bridgehead atoms. The maximum absolute atomic E-state index is 11.9. The molecule has 0 aromatic heterocycles. The van der Waals surface area contributed by atoms with Crippen LogP contribution in [-0.4, -0.2) is 40.5 Å². The molecule has 0 saturated carbocycles. The van der Waals surface area contributed by atoms with Crippen LogP contribution in [0.1, 0.15) is 10.4 Å². The van der Waals surface area contributed by atoms with Crippen LogP contribution in [0, 0.1) is 0 Å². The zero-order valence-corrected chi connectivity index (χ0v) is 11.4. The Morgan fingerprint density at radius 1 is 1.05 bits per heavy atom. The van der Waals surface area contributed by atoms with Gasteiger partial charge in [0.1, 0.15) is 18.5 Å².